The summed E-state index contributed by atoms with van der Waals surface area (Å²) >= 11 is 0. The van der Waals surface area contributed by atoms with Crippen molar-refractivity contribution in [2.24, 2.45) is 0 Å². The van der Waals surface area contributed by atoms with Crippen molar-refractivity contribution >= 4 is 11.8 Å². The topological polar surface area (TPSA) is 59.1 Å². The highest BCUT2D eigenvalue weighted by atomic mass is 19.4. The number of ether oxygens (including phenoxy) is 2. The predicted octanol–water partition coefficient (Wildman–Crippen LogP) is 3.25. The number of carbonyl (C=O) groups is 2. The van der Waals surface area contributed by atoms with Crippen LogP contribution in [0.3, 0.4) is 0 Å². The van der Waals surface area contributed by atoms with Crippen LogP contribution in [0.15, 0.2) is 42.5 Å². The first-order valence-corrected chi connectivity index (χ1v) is 9.68. The SMILES string of the molecule is COc1ccc(CC(=O)N2CCN(C(=O)c3ccccc3C(F)(F)F)CC2)c(OC)c1. The van der Waals surface area contributed by atoms with Gasteiger partial charge < -0.3 is 19.3 Å². The minimum Gasteiger partial charge on any atom is -0.497 e. The number of hydrogen-bond donors (Lipinski definition) is 0. The Bertz CT molecular complexity index is 954. The molecule has 1 aliphatic rings. The molecule has 0 radical (unpaired) electrons. The van der Waals surface area contributed by atoms with Crippen molar-refractivity contribution in [3.8, 4) is 11.5 Å². The first-order chi connectivity index (χ1) is 14.7. The van der Waals surface area contributed by atoms with E-state index in [2.05, 4.69) is 0 Å². The second-order valence-corrected chi connectivity index (χ2v) is 7.07. The molecule has 2 aromatic carbocycles. The van der Waals surface area contributed by atoms with Gasteiger partial charge in [0.25, 0.3) is 5.91 Å². The zero-order valence-corrected chi connectivity index (χ0v) is 17.2. The van der Waals surface area contributed by atoms with E-state index in [0.717, 1.165) is 6.07 Å². The van der Waals surface area contributed by atoms with Crippen molar-refractivity contribution < 1.29 is 32.2 Å². The highest BCUT2D eigenvalue weighted by molar-refractivity contribution is 5.96. The van der Waals surface area contributed by atoms with Crippen LogP contribution in [0.4, 0.5) is 13.2 Å². The number of rotatable bonds is 5. The zero-order chi connectivity index (χ0) is 22.6. The van der Waals surface area contributed by atoms with Crippen molar-refractivity contribution in [1.29, 1.82) is 0 Å². The van der Waals surface area contributed by atoms with E-state index in [1.807, 2.05) is 0 Å². The average Bonchev–Trinajstić information content (AvgIpc) is 2.78. The van der Waals surface area contributed by atoms with E-state index in [9.17, 15) is 22.8 Å². The molecule has 31 heavy (non-hydrogen) atoms. The molecular weight excluding hydrogens is 413 g/mol. The molecule has 0 atom stereocenters. The van der Waals surface area contributed by atoms with Crippen molar-refractivity contribution in [2.45, 2.75) is 12.6 Å². The molecule has 1 saturated heterocycles. The quantitative estimate of drug-likeness (QED) is 0.722. The second kappa shape index (κ2) is 9.28. The second-order valence-electron chi connectivity index (χ2n) is 7.07. The third-order valence-electron chi connectivity index (χ3n) is 5.22. The third kappa shape index (κ3) is 5.10. The molecule has 0 aromatic heterocycles. The van der Waals surface area contributed by atoms with Crippen molar-refractivity contribution in [3.05, 3.63) is 59.2 Å². The summed E-state index contributed by atoms with van der Waals surface area (Å²) in [5, 5.41) is 0. The molecule has 1 heterocycles. The maximum absolute atomic E-state index is 13.2. The van der Waals surface area contributed by atoms with Gasteiger partial charge in [0.1, 0.15) is 11.5 Å². The van der Waals surface area contributed by atoms with E-state index in [-0.39, 0.29) is 44.1 Å². The Balaban J connectivity index is 1.64. The molecule has 3 rings (SSSR count). The lowest BCUT2D eigenvalue weighted by molar-refractivity contribution is -0.138. The Labute approximate surface area is 178 Å². The molecule has 1 aliphatic heterocycles. The smallest absolute Gasteiger partial charge is 0.417 e. The number of nitrogens with zero attached hydrogens (tertiary/aromatic N) is 2. The fourth-order valence-electron chi connectivity index (χ4n) is 3.52. The minimum atomic E-state index is -4.61. The molecule has 0 aliphatic carbocycles. The number of alkyl halides is 3. The van der Waals surface area contributed by atoms with Crippen LogP contribution < -0.4 is 9.47 Å². The molecule has 2 amide bonds. The molecule has 0 N–H and O–H groups in total. The van der Waals surface area contributed by atoms with Crippen LogP contribution >= 0.6 is 0 Å². The van der Waals surface area contributed by atoms with E-state index in [4.69, 9.17) is 9.47 Å². The number of amides is 2. The number of carbonyl (C=O) groups excluding carboxylic acids is 2. The molecule has 1 fully saturated rings. The summed E-state index contributed by atoms with van der Waals surface area (Å²) in [7, 11) is 3.04. The summed E-state index contributed by atoms with van der Waals surface area (Å²) in [4.78, 5) is 28.3. The van der Waals surface area contributed by atoms with Crippen LogP contribution in [0.2, 0.25) is 0 Å². The first kappa shape index (κ1) is 22.5. The Morgan fingerprint density at radius 3 is 2.19 bits per heavy atom. The molecule has 6 nitrogen and oxygen atoms in total. The largest absolute Gasteiger partial charge is 0.497 e. The van der Waals surface area contributed by atoms with E-state index < -0.39 is 17.6 Å². The van der Waals surface area contributed by atoms with E-state index in [1.54, 1.807) is 23.1 Å². The normalized spacial score (nSPS) is 14.4. The highest BCUT2D eigenvalue weighted by Gasteiger charge is 2.36. The molecule has 0 unspecified atom stereocenters. The number of benzene rings is 2. The summed E-state index contributed by atoms with van der Waals surface area (Å²) in [5.41, 5.74) is -0.631. The average molecular weight is 436 g/mol. The van der Waals surface area contributed by atoms with Gasteiger partial charge in [0.05, 0.1) is 31.8 Å². The van der Waals surface area contributed by atoms with Gasteiger partial charge in [-0.15, -0.1) is 0 Å². The van der Waals surface area contributed by atoms with Crippen LogP contribution in [0, 0.1) is 0 Å². The molecular formula is C22H23F3N2O4. The lowest BCUT2D eigenvalue weighted by Gasteiger charge is -2.35. The lowest BCUT2D eigenvalue weighted by Crippen LogP contribution is -2.51. The van der Waals surface area contributed by atoms with E-state index >= 15 is 0 Å². The Kier molecular flexibility index (Phi) is 6.72. The fourth-order valence-corrected chi connectivity index (χ4v) is 3.52. The van der Waals surface area contributed by atoms with Crippen molar-refractivity contribution in [2.75, 3.05) is 40.4 Å². The van der Waals surface area contributed by atoms with Crippen molar-refractivity contribution in [3.63, 3.8) is 0 Å². The van der Waals surface area contributed by atoms with Gasteiger partial charge >= 0.3 is 6.18 Å². The summed E-state index contributed by atoms with van der Waals surface area (Å²) < 4.78 is 50.1. The fraction of sp³-hybridized carbons (Fsp3) is 0.364. The van der Waals surface area contributed by atoms with Crippen LogP contribution in [-0.4, -0.2) is 62.0 Å². The number of halogens is 3. The van der Waals surface area contributed by atoms with Gasteiger partial charge in [0.15, 0.2) is 0 Å². The Morgan fingerprint density at radius 1 is 0.935 bits per heavy atom. The van der Waals surface area contributed by atoms with Gasteiger partial charge in [-0.3, -0.25) is 9.59 Å². The third-order valence-corrected chi connectivity index (χ3v) is 5.22. The lowest BCUT2D eigenvalue weighted by atomic mass is 10.1. The Hall–Kier alpha value is -3.23. The monoisotopic (exact) mass is 436 g/mol. The molecule has 0 spiro atoms. The zero-order valence-electron chi connectivity index (χ0n) is 17.2. The van der Waals surface area contributed by atoms with Gasteiger partial charge in [-0.25, -0.2) is 0 Å². The maximum Gasteiger partial charge on any atom is 0.417 e. The van der Waals surface area contributed by atoms with E-state index in [0.29, 0.717) is 17.1 Å². The molecule has 2 aromatic rings. The minimum absolute atomic E-state index is 0.109. The number of methoxy groups -OCH3 is 2. The van der Waals surface area contributed by atoms with Gasteiger partial charge in [0.2, 0.25) is 5.91 Å². The first-order valence-electron chi connectivity index (χ1n) is 9.68. The van der Waals surface area contributed by atoms with Crippen LogP contribution in [0.5, 0.6) is 11.5 Å². The van der Waals surface area contributed by atoms with Crippen LogP contribution in [-0.2, 0) is 17.4 Å². The van der Waals surface area contributed by atoms with Gasteiger partial charge in [-0.05, 0) is 18.2 Å². The van der Waals surface area contributed by atoms with Crippen LogP contribution in [0.1, 0.15) is 21.5 Å². The molecule has 166 valence electrons. The maximum atomic E-state index is 13.2. The van der Waals surface area contributed by atoms with Crippen LogP contribution in [0.25, 0.3) is 0 Å². The Morgan fingerprint density at radius 2 is 1.58 bits per heavy atom. The molecule has 9 heteroatoms. The summed E-state index contributed by atoms with van der Waals surface area (Å²) in [5.74, 6) is 0.313. The summed E-state index contributed by atoms with van der Waals surface area (Å²) in [6, 6.07) is 9.92. The van der Waals surface area contributed by atoms with Gasteiger partial charge in [-0.1, -0.05) is 18.2 Å². The van der Waals surface area contributed by atoms with E-state index in [1.165, 1.54) is 37.3 Å². The number of hydrogen-bond acceptors (Lipinski definition) is 4. The van der Waals surface area contributed by atoms with Crippen molar-refractivity contribution in [1.82, 2.24) is 9.80 Å². The number of piperazine rings is 1. The van der Waals surface area contributed by atoms with Gasteiger partial charge in [0, 0.05) is 37.8 Å². The highest BCUT2D eigenvalue weighted by Crippen LogP contribution is 2.32. The summed E-state index contributed by atoms with van der Waals surface area (Å²) in [6.45, 7) is 0.821. The standard InChI is InChI=1S/C22H23F3N2O4/c1-30-16-8-7-15(19(14-16)31-2)13-20(28)26-9-11-27(12-10-26)21(29)17-5-3-4-6-18(17)22(23,24)25/h3-8,14H,9-13H2,1-2H3. The van der Waals surface area contributed by atoms with Gasteiger partial charge in [-0.2, -0.15) is 13.2 Å². The molecule has 0 saturated carbocycles. The predicted molar refractivity (Wildman–Crippen MR) is 107 cm³/mol. The summed E-state index contributed by atoms with van der Waals surface area (Å²) in [6.07, 6.45) is -4.50. The molecule has 0 bridgehead atoms.